The van der Waals surface area contributed by atoms with E-state index in [1.807, 2.05) is 45.0 Å². The number of ether oxygens (including phenoxy) is 1. The van der Waals surface area contributed by atoms with Gasteiger partial charge in [0.2, 0.25) is 5.91 Å². The molecule has 1 saturated heterocycles. The van der Waals surface area contributed by atoms with Crippen LogP contribution in [0.25, 0.3) is 0 Å². The van der Waals surface area contributed by atoms with Crippen LogP contribution in [0.3, 0.4) is 0 Å². The van der Waals surface area contributed by atoms with E-state index in [0.29, 0.717) is 5.96 Å². The van der Waals surface area contributed by atoms with Gasteiger partial charge in [-0.15, -0.1) is 24.0 Å². The molecule has 0 aliphatic carbocycles. The van der Waals surface area contributed by atoms with E-state index in [4.69, 9.17) is 10.5 Å². The molecule has 0 spiro atoms. The first kappa shape index (κ1) is 29.4. The van der Waals surface area contributed by atoms with E-state index in [9.17, 15) is 9.90 Å². The fourth-order valence-corrected chi connectivity index (χ4v) is 3.77. The summed E-state index contributed by atoms with van der Waals surface area (Å²) < 4.78 is 5.65. The summed E-state index contributed by atoms with van der Waals surface area (Å²) in [5.74, 6) is 1.40. The number of nitrogens with zero attached hydrogens (tertiary/aromatic N) is 2. The Labute approximate surface area is 215 Å². The minimum atomic E-state index is -0.665. The summed E-state index contributed by atoms with van der Waals surface area (Å²) >= 11 is 0. The number of halogens is 1. The number of unbranched alkanes of at least 4 members (excludes halogenated alkanes) is 1. The molecule has 1 heterocycles. The molecule has 33 heavy (non-hydrogen) atoms. The van der Waals surface area contributed by atoms with Gasteiger partial charge >= 0.3 is 0 Å². The van der Waals surface area contributed by atoms with Crippen LogP contribution in [0.5, 0.6) is 5.75 Å². The molecule has 8 nitrogen and oxygen atoms in total. The quantitative estimate of drug-likeness (QED) is 0.132. The summed E-state index contributed by atoms with van der Waals surface area (Å²) in [6, 6.07) is 7.51. The first-order chi connectivity index (χ1) is 15.4. The molecule has 0 radical (unpaired) electrons. The van der Waals surface area contributed by atoms with Gasteiger partial charge in [-0.3, -0.25) is 9.79 Å². The van der Waals surface area contributed by atoms with Crippen molar-refractivity contribution in [2.75, 3.05) is 39.3 Å². The molecule has 1 fully saturated rings. The van der Waals surface area contributed by atoms with E-state index >= 15 is 0 Å². The minimum Gasteiger partial charge on any atom is -0.491 e. The molecule has 0 bridgehead atoms. The largest absolute Gasteiger partial charge is 0.491 e. The highest BCUT2D eigenvalue weighted by Gasteiger charge is 2.22. The van der Waals surface area contributed by atoms with Gasteiger partial charge in [-0.25, -0.2) is 0 Å². The molecule has 1 aromatic rings. The molecule has 5 N–H and O–H groups in total. The molecular formula is C24H42IN5O3. The smallest absolute Gasteiger partial charge is 0.220 e. The lowest BCUT2D eigenvalue weighted by Gasteiger charge is -2.30. The molecule has 1 unspecified atom stereocenters. The lowest BCUT2D eigenvalue weighted by Crippen LogP contribution is -2.40. The number of hydrogen-bond donors (Lipinski definition) is 4. The Morgan fingerprint density at radius 3 is 2.45 bits per heavy atom. The van der Waals surface area contributed by atoms with Crippen molar-refractivity contribution in [2.45, 2.75) is 58.7 Å². The number of nitrogens with one attached hydrogen (secondary N) is 2. The summed E-state index contributed by atoms with van der Waals surface area (Å²) in [5, 5.41) is 17.1. The molecule has 9 heteroatoms. The number of likely N-dealkylation sites (tertiary alicyclic amines) is 1. The number of aliphatic hydroxyl groups is 1. The highest BCUT2D eigenvalue weighted by molar-refractivity contribution is 14.0. The van der Waals surface area contributed by atoms with Gasteiger partial charge in [0.15, 0.2) is 5.96 Å². The first-order valence-corrected chi connectivity index (χ1v) is 11.9. The number of hydrogen-bond acceptors (Lipinski definition) is 5. The summed E-state index contributed by atoms with van der Waals surface area (Å²) in [5.41, 5.74) is 6.22. The van der Waals surface area contributed by atoms with Crippen molar-refractivity contribution < 1.29 is 14.6 Å². The van der Waals surface area contributed by atoms with Crippen LogP contribution in [0.1, 0.15) is 58.1 Å². The number of piperidine rings is 1. The van der Waals surface area contributed by atoms with Crippen molar-refractivity contribution in [3.63, 3.8) is 0 Å². The Bertz CT molecular complexity index is 707. The fraction of sp³-hybridized carbons (Fsp3) is 0.667. The number of benzene rings is 1. The highest BCUT2D eigenvalue weighted by Crippen LogP contribution is 2.19. The van der Waals surface area contributed by atoms with Crippen LogP contribution in [0.15, 0.2) is 29.3 Å². The maximum Gasteiger partial charge on any atom is 0.220 e. The average molecular weight is 576 g/mol. The van der Waals surface area contributed by atoms with Crippen molar-refractivity contribution in [3.8, 4) is 5.75 Å². The molecular weight excluding hydrogens is 533 g/mol. The lowest BCUT2D eigenvalue weighted by molar-refractivity contribution is -0.123. The number of carbonyl (C=O) groups is 1. The molecule has 1 aliphatic heterocycles. The highest BCUT2D eigenvalue weighted by atomic mass is 127. The third-order valence-electron chi connectivity index (χ3n) is 5.59. The average Bonchev–Trinajstić information content (AvgIpc) is 2.77. The Balaban J connectivity index is 0.00000544. The first-order valence-electron chi connectivity index (χ1n) is 11.9. The monoisotopic (exact) mass is 575 g/mol. The van der Waals surface area contributed by atoms with E-state index in [1.54, 1.807) is 0 Å². The van der Waals surface area contributed by atoms with E-state index < -0.39 is 6.10 Å². The molecule has 1 atom stereocenters. The number of primary amides is 1. The fourth-order valence-electron chi connectivity index (χ4n) is 3.77. The SMILES string of the molecule is CCNC(=NCC(O)c1ccc(OC(C)C)cc1)NCCCCN1CCC(C(N)=O)CC1.I. The maximum absolute atomic E-state index is 11.3. The van der Waals surface area contributed by atoms with Gasteiger partial charge in [0.05, 0.1) is 18.8 Å². The van der Waals surface area contributed by atoms with Crippen molar-refractivity contribution in [2.24, 2.45) is 16.6 Å². The van der Waals surface area contributed by atoms with Gasteiger partial charge in [-0.05, 0) is 83.8 Å². The van der Waals surface area contributed by atoms with Gasteiger partial charge in [0.25, 0.3) is 0 Å². The van der Waals surface area contributed by atoms with Crippen LogP contribution >= 0.6 is 24.0 Å². The van der Waals surface area contributed by atoms with Crippen LogP contribution in [0, 0.1) is 5.92 Å². The molecule has 2 rings (SSSR count). The van der Waals surface area contributed by atoms with Crippen LogP contribution in [0.2, 0.25) is 0 Å². The van der Waals surface area contributed by atoms with Crippen molar-refractivity contribution in [3.05, 3.63) is 29.8 Å². The van der Waals surface area contributed by atoms with Crippen LogP contribution < -0.4 is 21.1 Å². The van der Waals surface area contributed by atoms with Gasteiger partial charge in [-0.1, -0.05) is 12.1 Å². The molecule has 1 amide bonds. The second kappa shape index (κ2) is 16.1. The third-order valence-corrected chi connectivity index (χ3v) is 5.59. The summed E-state index contributed by atoms with van der Waals surface area (Å²) in [4.78, 5) is 18.2. The number of rotatable bonds is 12. The number of aliphatic hydroxyl groups excluding tert-OH is 1. The number of carbonyl (C=O) groups excluding carboxylic acids is 1. The second-order valence-electron chi connectivity index (χ2n) is 8.62. The van der Waals surface area contributed by atoms with Crippen LogP contribution in [-0.4, -0.2) is 67.2 Å². The van der Waals surface area contributed by atoms with E-state index in [-0.39, 0.29) is 48.5 Å². The van der Waals surface area contributed by atoms with Crippen molar-refractivity contribution in [1.29, 1.82) is 0 Å². The Morgan fingerprint density at radius 1 is 1.21 bits per heavy atom. The predicted molar refractivity (Wildman–Crippen MR) is 144 cm³/mol. The van der Waals surface area contributed by atoms with Crippen LogP contribution in [0.4, 0.5) is 0 Å². The number of guanidine groups is 1. The Morgan fingerprint density at radius 2 is 1.88 bits per heavy atom. The molecule has 0 aromatic heterocycles. The zero-order valence-corrected chi connectivity index (χ0v) is 22.6. The number of amides is 1. The van der Waals surface area contributed by atoms with E-state index in [2.05, 4.69) is 20.5 Å². The van der Waals surface area contributed by atoms with Gasteiger partial charge in [-0.2, -0.15) is 0 Å². The Kier molecular flexibility index (Phi) is 14.4. The van der Waals surface area contributed by atoms with Crippen molar-refractivity contribution in [1.82, 2.24) is 15.5 Å². The number of nitrogens with two attached hydrogens (primary N) is 1. The third kappa shape index (κ3) is 11.4. The van der Waals surface area contributed by atoms with E-state index in [1.165, 1.54) is 0 Å². The lowest BCUT2D eigenvalue weighted by atomic mass is 9.96. The maximum atomic E-state index is 11.3. The molecule has 188 valence electrons. The predicted octanol–water partition coefficient (Wildman–Crippen LogP) is 2.66. The zero-order chi connectivity index (χ0) is 23.3. The topological polar surface area (TPSA) is 112 Å². The normalized spacial score (nSPS) is 16.2. The standard InChI is InChI=1S/C24H41N5O3.HI/c1-4-26-24(27-13-5-6-14-29-15-11-20(12-16-29)23(25)31)28-17-22(30)19-7-9-21(10-8-19)32-18(2)3;/h7-10,18,20,22,30H,4-6,11-17H2,1-3H3,(H2,25,31)(H2,26,27,28);1H. The zero-order valence-electron chi connectivity index (χ0n) is 20.3. The van der Waals surface area contributed by atoms with Crippen molar-refractivity contribution >= 4 is 35.8 Å². The summed E-state index contributed by atoms with van der Waals surface area (Å²) in [6.07, 6.45) is 3.32. The molecule has 1 aromatic carbocycles. The molecule has 0 saturated carbocycles. The number of aliphatic imine (C=N–C) groups is 1. The van der Waals surface area contributed by atoms with Gasteiger partial charge < -0.3 is 31.1 Å². The minimum absolute atomic E-state index is 0. The second-order valence-corrected chi connectivity index (χ2v) is 8.62. The summed E-state index contributed by atoms with van der Waals surface area (Å²) in [6.45, 7) is 10.8. The summed E-state index contributed by atoms with van der Waals surface area (Å²) in [7, 11) is 0. The molecule has 1 aliphatic rings. The Hall–Kier alpha value is -1.59. The van der Waals surface area contributed by atoms with Crippen LogP contribution in [-0.2, 0) is 4.79 Å². The van der Waals surface area contributed by atoms with Gasteiger partial charge in [0.1, 0.15) is 5.75 Å². The van der Waals surface area contributed by atoms with E-state index in [0.717, 1.165) is 69.7 Å². The van der Waals surface area contributed by atoms with Gasteiger partial charge in [0, 0.05) is 19.0 Å².